The monoisotopic (exact) mass is 438 g/mol. The Labute approximate surface area is 198 Å². The lowest BCUT2D eigenvalue weighted by Crippen LogP contribution is -2.33. The molecule has 0 aromatic heterocycles. The number of allylic oxidation sites excluding steroid dienone is 1. The number of phenolic OH excluding ortho intramolecular Hbond substituents is 1. The largest absolute Gasteiger partial charge is 0.508 e. The zero-order valence-electron chi connectivity index (χ0n) is 20.4. The Balaban J connectivity index is 1.53. The Bertz CT molecular complexity index is 1190. The standard InChI is InChI=1S/C31H34O2/c1-21(25-12-15-27-28(20-25)31(4,5)17-16-30(27,2)3)18-22-6-10-24(11-7-22)29(33)19-23-8-13-26(32)14-9-23/h6-15,18,20,32H,16-17,19H2,1-5H3/b21-18+. The fourth-order valence-electron chi connectivity index (χ4n) is 4.83. The van der Waals surface area contributed by atoms with Crippen molar-refractivity contribution >= 4 is 17.4 Å². The van der Waals surface area contributed by atoms with Gasteiger partial charge in [-0.05, 0) is 76.1 Å². The fourth-order valence-corrected chi connectivity index (χ4v) is 4.83. The molecule has 0 aliphatic heterocycles. The van der Waals surface area contributed by atoms with Crippen molar-refractivity contribution in [1.82, 2.24) is 0 Å². The fraction of sp³-hybridized carbons (Fsp3) is 0.323. The SMILES string of the molecule is C/C(=C\c1ccc(C(=O)Cc2ccc(O)cc2)cc1)c1ccc2c(c1)C(C)(C)CCC2(C)C. The first-order chi connectivity index (χ1) is 15.5. The molecule has 0 spiro atoms. The summed E-state index contributed by atoms with van der Waals surface area (Å²) in [5.41, 5.74) is 8.54. The topological polar surface area (TPSA) is 37.3 Å². The lowest BCUT2D eigenvalue weighted by molar-refractivity contribution is 0.0993. The van der Waals surface area contributed by atoms with Gasteiger partial charge >= 0.3 is 0 Å². The molecule has 4 rings (SSSR count). The highest BCUT2D eigenvalue weighted by molar-refractivity contribution is 5.97. The van der Waals surface area contributed by atoms with Gasteiger partial charge in [-0.1, -0.05) is 88.4 Å². The van der Waals surface area contributed by atoms with E-state index in [1.807, 2.05) is 24.3 Å². The number of hydrogen-bond acceptors (Lipinski definition) is 2. The molecule has 170 valence electrons. The molecule has 3 aromatic rings. The second-order valence-corrected chi connectivity index (χ2v) is 10.7. The van der Waals surface area contributed by atoms with E-state index in [4.69, 9.17) is 0 Å². The van der Waals surface area contributed by atoms with Gasteiger partial charge in [-0.2, -0.15) is 0 Å². The van der Waals surface area contributed by atoms with Crippen molar-refractivity contribution in [2.75, 3.05) is 0 Å². The van der Waals surface area contributed by atoms with Crippen LogP contribution in [-0.2, 0) is 17.3 Å². The second-order valence-electron chi connectivity index (χ2n) is 10.7. The Morgan fingerprint density at radius 3 is 2.03 bits per heavy atom. The molecule has 0 heterocycles. The molecule has 0 fully saturated rings. The maximum atomic E-state index is 12.6. The lowest BCUT2D eigenvalue weighted by Gasteiger charge is -2.42. The number of aromatic hydroxyl groups is 1. The van der Waals surface area contributed by atoms with Crippen molar-refractivity contribution < 1.29 is 9.90 Å². The molecule has 0 amide bonds. The number of fused-ring (bicyclic) bond motifs is 1. The van der Waals surface area contributed by atoms with Crippen molar-refractivity contribution in [1.29, 1.82) is 0 Å². The van der Waals surface area contributed by atoms with Gasteiger partial charge in [0, 0.05) is 12.0 Å². The molecule has 33 heavy (non-hydrogen) atoms. The average Bonchev–Trinajstić information content (AvgIpc) is 2.79. The van der Waals surface area contributed by atoms with Crippen LogP contribution >= 0.6 is 0 Å². The van der Waals surface area contributed by atoms with E-state index in [1.54, 1.807) is 24.3 Å². The summed E-state index contributed by atoms with van der Waals surface area (Å²) in [4.78, 5) is 12.6. The van der Waals surface area contributed by atoms with Gasteiger partial charge in [-0.3, -0.25) is 4.79 Å². The molecule has 0 atom stereocenters. The summed E-state index contributed by atoms with van der Waals surface area (Å²) < 4.78 is 0. The van der Waals surface area contributed by atoms with Crippen LogP contribution < -0.4 is 0 Å². The number of benzene rings is 3. The summed E-state index contributed by atoms with van der Waals surface area (Å²) >= 11 is 0. The van der Waals surface area contributed by atoms with Crippen LogP contribution in [0, 0.1) is 0 Å². The molecular weight excluding hydrogens is 404 g/mol. The van der Waals surface area contributed by atoms with Crippen molar-refractivity contribution in [3.8, 4) is 5.75 Å². The van der Waals surface area contributed by atoms with Crippen LogP contribution in [0.25, 0.3) is 11.6 Å². The molecule has 1 N–H and O–H groups in total. The van der Waals surface area contributed by atoms with E-state index in [2.05, 4.69) is 58.9 Å². The highest BCUT2D eigenvalue weighted by atomic mass is 16.3. The van der Waals surface area contributed by atoms with E-state index in [0.717, 1.165) is 11.1 Å². The van der Waals surface area contributed by atoms with E-state index >= 15 is 0 Å². The van der Waals surface area contributed by atoms with Gasteiger partial charge in [-0.15, -0.1) is 0 Å². The minimum Gasteiger partial charge on any atom is -0.508 e. The van der Waals surface area contributed by atoms with Crippen LogP contribution in [0.1, 0.15) is 85.6 Å². The zero-order chi connectivity index (χ0) is 23.8. The van der Waals surface area contributed by atoms with Gasteiger partial charge in [-0.25, -0.2) is 0 Å². The molecule has 0 unspecified atom stereocenters. The number of rotatable bonds is 5. The van der Waals surface area contributed by atoms with Crippen molar-refractivity contribution in [3.05, 3.63) is 100 Å². The number of carbonyl (C=O) groups excluding carboxylic acids is 1. The van der Waals surface area contributed by atoms with Crippen molar-refractivity contribution in [2.45, 2.75) is 64.7 Å². The highest BCUT2D eigenvalue weighted by Crippen LogP contribution is 2.46. The molecule has 2 nitrogen and oxygen atoms in total. The summed E-state index contributed by atoms with van der Waals surface area (Å²) in [5, 5.41) is 9.41. The summed E-state index contributed by atoms with van der Waals surface area (Å²) in [6.07, 6.45) is 4.95. The number of phenols is 1. The van der Waals surface area contributed by atoms with Gasteiger partial charge in [0.05, 0.1) is 0 Å². The first-order valence-corrected chi connectivity index (χ1v) is 11.8. The molecule has 0 bridgehead atoms. The van der Waals surface area contributed by atoms with Gasteiger partial charge in [0.1, 0.15) is 5.75 Å². The second kappa shape index (κ2) is 8.67. The van der Waals surface area contributed by atoms with Gasteiger partial charge in [0.2, 0.25) is 0 Å². The third kappa shape index (κ3) is 4.95. The van der Waals surface area contributed by atoms with E-state index in [-0.39, 0.29) is 22.4 Å². The Hall–Kier alpha value is -3.13. The van der Waals surface area contributed by atoms with Crippen molar-refractivity contribution in [3.63, 3.8) is 0 Å². The Morgan fingerprint density at radius 1 is 0.818 bits per heavy atom. The maximum absolute atomic E-state index is 12.6. The smallest absolute Gasteiger partial charge is 0.167 e. The normalized spacial score (nSPS) is 16.8. The van der Waals surface area contributed by atoms with Crippen LogP contribution in [0.2, 0.25) is 0 Å². The molecule has 0 radical (unpaired) electrons. The highest BCUT2D eigenvalue weighted by Gasteiger charge is 2.36. The zero-order valence-corrected chi connectivity index (χ0v) is 20.4. The lowest BCUT2D eigenvalue weighted by atomic mass is 9.63. The molecule has 0 saturated carbocycles. The van der Waals surface area contributed by atoms with Gasteiger partial charge < -0.3 is 5.11 Å². The van der Waals surface area contributed by atoms with Gasteiger partial charge in [0.15, 0.2) is 5.78 Å². The number of hydrogen-bond donors (Lipinski definition) is 1. The first-order valence-electron chi connectivity index (χ1n) is 11.8. The predicted octanol–water partition coefficient (Wildman–Crippen LogP) is 7.73. The number of Topliss-reactive ketones (excluding diaryl/α,β-unsaturated/α-hetero) is 1. The van der Waals surface area contributed by atoms with Crippen LogP contribution in [0.4, 0.5) is 0 Å². The third-order valence-electron chi connectivity index (χ3n) is 7.23. The molecule has 1 aliphatic carbocycles. The van der Waals surface area contributed by atoms with Crippen LogP contribution in [-0.4, -0.2) is 10.9 Å². The maximum Gasteiger partial charge on any atom is 0.167 e. The van der Waals surface area contributed by atoms with E-state index in [9.17, 15) is 9.90 Å². The average molecular weight is 439 g/mol. The predicted molar refractivity (Wildman–Crippen MR) is 138 cm³/mol. The number of carbonyl (C=O) groups is 1. The third-order valence-corrected chi connectivity index (χ3v) is 7.23. The molecular formula is C31H34O2. The summed E-state index contributed by atoms with van der Waals surface area (Å²) in [7, 11) is 0. The Kier molecular flexibility index (Phi) is 6.05. The molecule has 1 aliphatic rings. The minimum atomic E-state index is 0.0764. The Morgan fingerprint density at radius 2 is 1.39 bits per heavy atom. The van der Waals surface area contributed by atoms with Crippen LogP contribution in [0.15, 0.2) is 66.7 Å². The first kappa shape index (κ1) is 23.0. The van der Waals surface area contributed by atoms with E-state index < -0.39 is 0 Å². The molecule has 0 saturated heterocycles. The van der Waals surface area contributed by atoms with E-state index in [0.29, 0.717) is 12.0 Å². The summed E-state index contributed by atoms with van der Waals surface area (Å²) in [6, 6.07) is 21.6. The van der Waals surface area contributed by atoms with Gasteiger partial charge in [0.25, 0.3) is 0 Å². The summed E-state index contributed by atoms with van der Waals surface area (Å²) in [6.45, 7) is 11.6. The molecule has 3 aromatic carbocycles. The van der Waals surface area contributed by atoms with Crippen LogP contribution in [0.3, 0.4) is 0 Å². The van der Waals surface area contributed by atoms with Crippen LogP contribution in [0.5, 0.6) is 5.75 Å². The van der Waals surface area contributed by atoms with E-state index in [1.165, 1.54) is 35.1 Å². The minimum absolute atomic E-state index is 0.0764. The van der Waals surface area contributed by atoms with Crippen molar-refractivity contribution in [2.24, 2.45) is 0 Å². The summed E-state index contributed by atoms with van der Waals surface area (Å²) in [5.74, 6) is 0.288. The number of ketones is 1. The quantitative estimate of drug-likeness (QED) is 0.327. The molecule has 2 heteroatoms.